The van der Waals surface area contributed by atoms with Gasteiger partial charge in [0.15, 0.2) is 0 Å². The van der Waals surface area contributed by atoms with Crippen LogP contribution in [0.3, 0.4) is 0 Å². The zero-order valence-electron chi connectivity index (χ0n) is 7.02. The van der Waals surface area contributed by atoms with Crippen molar-refractivity contribution in [1.29, 1.82) is 0 Å². The van der Waals surface area contributed by atoms with Crippen molar-refractivity contribution in [2.24, 2.45) is 5.92 Å². The number of rotatable bonds is 5. The highest BCUT2D eigenvalue weighted by Crippen LogP contribution is 2.18. The van der Waals surface area contributed by atoms with Crippen LogP contribution in [-0.2, 0) is 5.11 Å². The molecule has 0 spiro atoms. The van der Waals surface area contributed by atoms with Crippen LogP contribution in [0.4, 0.5) is 0 Å². The summed E-state index contributed by atoms with van der Waals surface area (Å²) in [5.74, 6) is 0.300. The molecule has 0 N–H and O–H groups in total. The molecule has 3 atom stereocenters. The number of hydrogen-bond donors (Lipinski definition) is 0. The minimum Gasteiger partial charge on any atom is -0.233 e. The third-order valence-electron chi connectivity index (χ3n) is 1.93. The van der Waals surface area contributed by atoms with Crippen LogP contribution in [0.2, 0.25) is 0 Å². The molecule has 0 aliphatic heterocycles. The molecule has 0 saturated carbocycles. The molecular weight excluding hydrogens is 272 g/mol. The molecule has 0 bridgehead atoms. The Balaban J connectivity index is 3.58. The Morgan fingerprint density at radius 2 is 2.00 bits per heavy atom. The SMILES string of the molecule is CCC(C)C([O])CC(Br)CBr. The summed E-state index contributed by atoms with van der Waals surface area (Å²) in [5.41, 5.74) is 0. The zero-order chi connectivity index (χ0) is 8.85. The summed E-state index contributed by atoms with van der Waals surface area (Å²) in [6.45, 7) is 4.08. The van der Waals surface area contributed by atoms with E-state index in [9.17, 15) is 5.11 Å². The van der Waals surface area contributed by atoms with Gasteiger partial charge in [0.05, 0.1) is 6.10 Å². The maximum atomic E-state index is 11.4. The minimum atomic E-state index is -0.415. The second-order valence-electron chi connectivity index (χ2n) is 2.91. The maximum absolute atomic E-state index is 11.4. The van der Waals surface area contributed by atoms with Crippen molar-refractivity contribution >= 4 is 31.9 Å². The molecule has 0 fully saturated rings. The summed E-state index contributed by atoms with van der Waals surface area (Å²) in [6, 6.07) is 0. The third-order valence-corrected chi connectivity index (χ3v) is 4.28. The van der Waals surface area contributed by atoms with Crippen molar-refractivity contribution < 1.29 is 5.11 Å². The molecule has 0 aromatic heterocycles. The lowest BCUT2D eigenvalue weighted by Gasteiger charge is -2.16. The molecule has 1 radical (unpaired) electrons. The summed E-state index contributed by atoms with van der Waals surface area (Å²) >= 11 is 6.76. The van der Waals surface area contributed by atoms with E-state index in [1.165, 1.54) is 0 Å². The van der Waals surface area contributed by atoms with Crippen molar-refractivity contribution in [1.82, 2.24) is 0 Å². The quantitative estimate of drug-likeness (QED) is 0.691. The van der Waals surface area contributed by atoms with Crippen LogP contribution in [0.25, 0.3) is 0 Å². The van der Waals surface area contributed by atoms with E-state index in [-0.39, 0.29) is 0 Å². The predicted octanol–water partition coefficient (Wildman–Crippen LogP) is 3.38. The van der Waals surface area contributed by atoms with Gasteiger partial charge in [-0.15, -0.1) is 0 Å². The van der Waals surface area contributed by atoms with Crippen LogP contribution in [0.15, 0.2) is 0 Å². The van der Waals surface area contributed by atoms with Crippen LogP contribution in [0.1, 0.15) is 26.7 Å². The van der Waals surface area contributed by atoms with Gasteiger partial charge in [0.2, 0.25) is 0 Å². The highest BCUT2D eigenvalue weighted by Gasteiger charge is 2.17. The summed E-state index contributed by atoms with van der Waals surface area (Å²) in [7, 11) is 0. The van der Waals surface area contributed by atoms with Crippen molar-refractivity contribution in [3.05, 3.63) is 0 Å². The van der Waals surface area contributed by atoms with Crippen LogP contribution >= 0.6 is 31.9 Å². The highest BCUT2D eigenvalue weighted by atomic mass is 79.9. The molecule has 0 heterocycles. The molecule has 3 heteroatoms. The molecule has 3 unspecified atom stereocenters. The normalized spacial score (nSPS) is 19.4. The number of halogens is 2. The fourth-order valence-electron chi connectivity index (χ4n) is 0.810. The van der Waals surface area contributed by atoms with Gasteiger partial charge in [0.25, 0.3) is 0 Å². The van der Waals surface area contributed by atoms with Gasteiger partial charge in [-0.3, -0.25) is 0 Å². The van der Waals surface area contributed by atoms with Crippen molar-refractivity contribution in [2.75, 3.05) is 5.33 Å². The van der Waals surface area contributed by atoms with Gasteiger partial charge in [-0.05, 0) is 12.3 Å². The van der Waals surface area contributed by atoms with Crippen molar-refractivity contribution in [2.45, 2.75) is 37.6 Å². The summed E-state index contributed by atoms with van der Waals surface area (Å²) < 4.78 is 0. The lowest BCUT2D eigenvalue weighted by Crippen LogP contribution is -2.20. The average molecular weight is 287 g/mol. The molecule has 0 aliphatic rings. The minimum absolute atomic E-state index is 0.300. The Hall–Kier alpha value is 0.920. The van der Waals surface area contributed by atoms with E-state index in [0.29, 0.717) is 10.7 Å². The fourth-order valence-corrected chi connectivity index (χ4v) is 1.44. The first-order valence-corrected chi connectivity index (χ1v) is 6.01. The maximum Gasteiger partial charge on any atom is 0.0966 e. The zero-order valence-corrected chi connectivity index (χ0v) is 10.2. The first kappa shape index (κ1) is 11.9. The standard InChI is InChI=1S/C8H15Br2O/c1-3-6(2)8(11)4-7(10)5-9/h6-8H,3-5H2,1-2H3. The van der Waals surface area contributed by atoms with Gasteiger partial charge in [-0.1, -0.05) is 52.1 Å². The molecule has 0 rings (SSSR count). The first-order chi connectivity index (χ1) is 5.11. The Labute approximate surface area is 85.8 Å². The van der Waals surface area contributed by atoms with E-state index in [1.807, 2.05) is 6.92 Å². The fraction of sp³-hybridized carbons (Fsp3) is 1.00. The lowest BCUT2D eigenvalue weighted by atomic mass is 9.98. The Morgan fingerprint density at radius 1 is 1.45 bits per heavy atom. The molecular formula is C8H15Br2O. The third kappa shape index (κ3) is 5.21. The Kier molecular flexibility index (Phi) is 6.98. The van der Waals surface area contributed by atoms with E-state index >= 15 is 0 Å². The van der Waals surface area contributed by atoms with Gasteiger partial charge in [0, 0.05) is 10.2 Å². The topological polar surface area (TPSA) is 19.9 Å². The summed E-state index contributed by atoms with van der Waals surface area (Å²) in [5, 5.41) is 12.2. The molecule has 0 aliphatic carbocycles. The smallest absolute Gasteiger partial charge is 0.0966 e. The Morgan fingerprint density at radius 3 is 2.36 bits per heavy atom. The van der Waals surface area contributed by atoms with Crippen molar-refractivity contribution in [3.8, 4) is 0 Å². The molecule has 67 valence electrons. The van der Waals surface area contributed by atoms with E-state index in [0.717, 1.165) is 18.2 Å². The van der Waals surface area contributed by atoms with Crippen LogP contribution in [0, 0.1) is 5.92 Å². The number of alkyl halides is 2. The van der Waals surface area contributed by atoms with E-state index < -0.39 is 6.10 Å². The van der Waals surface area contributed by atoms with Crippen LogP contribution in [-0.4, -0.2) is 16.3 Å². The second-order valence-corrected chi connectivity index (χ2v) is 4.85. The van der Waals surface area contributed by atoms with Gasteiger partial charge >= 0.3 is 0 Å². The first-order valence-electron chi connectivity index (χ1n) is 3.97. The molecule has 0 aromatic carbocycles. The predicted molar refractivity (Wildman–Crippen MR) is 55.1 cm³/mol. The molecule has 1 nitrogen and oxygen atoms in total. The van der Waals surface area contributed by atoms with Crippen LogP contribution in [0.5, 0.6) is 0 Å². The van der Waals surface area contributed by atoms with Crippen LogP contribution < -0.4 is 0 Å². The highest BCUT2D eigenvalue weighted by molar-refractivity contribution is 9.12. The largest absolute Gasteiger partial charge is 0.233 e. The van der Waals surface area contributed by atoms with Crippen molar-refractivity contribution in [3.63, 3.8) is 0 Å². The molecule has 0 amide bonds. The second kappa shape index (κ2) is 6.44. The van der Waals surface area contributed by atoms with Gasteiger partial charge in [-0.2, -0.15) is 0 Å². The summed E-state index contributed by atoms with van der Waals surface area (Å²) in [4.78, 5) is 0.332. The summed E-state index contributed by atoms with van der Waals surface area (Å²) in [6.07, 6.45) is 1.29. The molecule has 11 heavy (non-hydrogen) atoms. The van der Waals surface area contributed by atoms with Gasteiger partial charge in [-0.25, -0.2) is 5.11 Å². The lowest BCUT2D eigenvalue weighted by molar-refractivity contribution is 0.0361. The van der Waals surface area contributed by atoms with Gasteiger partial charge in [0.1, 0.15) is 0 Å². The molecule has 0 saturated heterocycles. The Bertz CT molecular complexity index is 98.1. The van der Waals surface area contributed by atoms with Gasteiger partial charge < -0.3 is 0 Å². The van der Waals surface area contributed by atoms with E-state index in [1.54, 1.807) is 0 Å². The average Bonchev–Trinajstić information content (AvgIpc) is 2.02. The number of hydrogen-bond acceptors (Lipinski definition) is 0. The van der Waals surface area contributed by atoms with E-state index in [4.69, 9.17) is 0 Å². The van der Waals surface area contributed by atoms with E-state index in [2.05, 4.69) is 38.8 Å². The monoisotopic (exact) mass is 285 g/mol. The molecule has 0 aromatic rings.